The van der Waals surface area contributed by atoms with Gasteiger partial charge in [-0.2, -0.15) is 11.8 Å². The Balaban J connectivity index is 1.97. The van der Waals surface area contributed by atoms with Crippen molar-refractivity contribution in [2.24, 2.45) is 0 Å². The van der Waals surface area contributed by atoms with E-state index < -0.39 is 5.60 Å². The number of methoxy groups -OCH3 is 1. The predicted molar refractivity (Wildman–Crippen MR) is 84.2 cm³/mol. The van der Waals surface area contributed by atoms with Gasteiger partial charge >= 0.3 is 0 Å². The molecule has 1 aliphatic carbocycles. The van der Waals surface area contributed by atoms with Crippen molar-refractivity contribution >= 4 is 17.7 Å². The maximum absolute atomic E-state index is 12.9. The van der Waals surface area contributed by atoms with Crippen LogP contribution in [-0.4, -0.2) is 60.7 Å². The highest BCUT2D eigenvalue weighted by molar-refractivity contribution is 7.99. The van der Waals surface area contributed by atoms with Crippen LogP contribution in [0.15, 0.2) is 0 Å². The summed E-state index contributed by atoms with van der Waals surface area (Å²) < 4.78 is 5.66. The Bertz CT molecular complexity index is 332. The third-order valence-electron chi connectivity index (χ3n) is 4.82. The zero-order chi connectivity index (χ0) is 14.6. The van der Waals surface area contributed by atoms with E-state index in [1.165, 1.54) is 12.2 Å². The second-order valence-corrected chi connectivity index (χ2v) is 7.49. The van der Waals surface area contributed by atoms with Gasteiger partial charge in [-0.05, 0) is 50.9 Å². The van der Waals surface area contributed by atoms with Gasteiger partial charge in [0, 0.05) is 25.4 Å². The van der Waals surface area contributed by atoms with Gasteiger partial charge in [0.05, 0.1) is 0 Å². The number of hydrogen-bond donors (Lipinski definition) is 1. The number of hydrogen-bond acceptors (Lipinski definition) is 4. The molecule has 2 aliphatic rings. The Hall–Kier alpha value is -0.260. The zero-order valence-corrected chi connectivity index (χ0v) is 13.8. The first-order valence-electron chi connectivity index (χ1n) is 7.77. The van der Waals surface area contributed by atoms with Crippen LogP contribution in [0.25, 0.3) is 0 Å². The number of carbonyl (C=O) groups is 1. The van der Waals surface area contributed by atoms with E-state index in [1.807, 2.05) is 23.7 Å². The number of nitrogens with one attached hydrogen (secondary N) is 1. The van der Waals surface area contributed by atoms with Gasteiger partial charge in [-0.15, -0.1) is 0 Å². The van der Waals surface area contributed by atoms with Gasteiger partial charge in [-0.25, -0.2) is 0 Å². The molecule has 1 saturated heterocycles. The topological polar surface area (TPSA) is 41.6 Å². The lowest BCUT2D eigenvalue weighted by atomic mass is 9.90. The summed E-state index contributed by atoms with van der Waals surface area (Å²) in [6.07, 6.45) is 5.08. The maximum atomic E-state index is 12.9. The van der Waals surface area contributed by atoms with Crippen LogP contribution in [0, 0.1) is 0 Å². The van der Waals surface area contributed by atoms with Crippen molar-refractivity contribution < 1.29 is 9.53 Å². The lowest BCUT2D eigenvalue weighted by molar-refractivity contribution is -0.159. The highest BCUT2D eigenvalue weighted by Crippen LogP contribution is 2.34. The van der Waals surface area contributed by atoms with Crippen molar-refractivity contribution in [3.05, 3.63) is 0 Å². The molecule has 2 rings (SSSR count). The Labute approximate surface area is 127 Å². The van der Waals surface area contributed by atoms with Gasteiger partial charge in [0.1, 0.15) is 5.60 Å². The quantitative estimate of drug-likeness (QED) is 0.842. The number of piperidine rings is 1. The number of rotatable bonds is 5. The van der Waals surface area contributed by atoms with Crippen LogP contribution in [0.3, 0.4) is 0 Å². The van der Waals surface area contributed by atoms with Gasteiger partial charge in [0.15, 0.2) is 0 Å². The van der Waals surface area contributed by atoms with Crippen LogP contribution >= 0.6 is 11.8 Å². The van der Waals surface area contributed by atoms with Crippen LogP contribution in [0.5, 0.6) is 0 Å². The molecule has 0 aromatic carbocycles. The number of carbonyl (C=O) groups excluding carboxylic acids is 1. The van der Waals surface area contributed by atoms with Gasteiger partial charge in [-0.1, -0.05) is 6.92 Å². The normalized spacial score (nSPS) is 29.4. The molecule has 0 radical (unpaired) electrons. The number of ether oxygens (including phenoxy) is 1. The first-order valence-corrected chi connectivity index (χ1v) is 8.82. The highest BCUT2D eigenvalue weighted by atomic mass is 32.2. The maximum Gasteiger partial charge on any atom is 0.254 e. The molecular weight excluding hydrogens is 272 g/mol. The van der Waals surface area contributed by atoms with Crippen LogP contribution in [0.2, 0.25) is 0 Å². The second-order valence-electron chi connectivity index (χ2n) is 5.91. The first kappa shape index (κ1) is 16.1. The first-order chi connectivity index (χ1) is 9.63. The molecule has 0 aromatic heterocycles. The Morgan fingerprint density at radius 1 is 1.40 bits per heavy atom. The van der Waals surface area contributed by atoms with Crippen molar-refractivity contribution in [3.8, 4) is 0 Å². The third kappa shape index (κ3) is 3.31. The molecule has 4 nitrogen and oxygen atoms in total. The number of amides is 1. The summed E-state index contributed by atoms with van der Waals surface area (Å²) in [6.45, 7) is 3.95. The van der Waals surface area contributed by atoms with Crippen molar-refractivity contribution in [1.82, 2.24) is 10.2 Å². The SMILES string of the molecule is CCSC1CCC(N(C)C(=O)C2(OC)CCNCC2)C1. The molecule has 2 unspecified atom stereocenters. The Morgan fingerprint density at radius 3 is 2.70 bits per heavy atom. The molecular formula is C15H28N2O2S. The van der Waals surface area contributed by atoms with E-state index >= 15 is 0 Å². The van der Waals surface area contributed by atoms with E-state index in [0.29, 0.717) is 6.04 Å². The monoisotopic (exact) mass is 300 g/mol. The fourth-order valence-electron chi connectivity index (χ4n) is 3.48. The van der Waals surface area contributed by atoms with E-state index in [9.17, 15) is 4.79 Å². The minimum atomic E-state index is -0.587. The summed E-state index contributed by atoms with van der Waals surface area (Å²) in [6, 6.07) is 0.397. The molecule has 20 heavy (non-hydrogen) atoms. The van der Waals surface area contributed by atoms with Crippen molar-refractivity contribution in [3.63, 3.8) is 0 Å². The van der Waals surface area contributed by atoms with Gasteiger partial charge in [0.25, 0.3) is 5.91 Å². The van der Waals surface area contributed by atoms with Crippen LogP contribution < -0.4 is 5.32 Å². The molecule has 5 heteroatoms. The largest absolute Gasteiger partial charge is 0.368 e. The number of nitrogens with zero attached hydrogens (tertiary/aromatic N) is 1. The van der Waals surface area contributed by atoms with Crippen molar-refractivity contribution in [2.45, 2.75) is 55.9 Å². The minimum Gasteiger partial charge on any atom is -0.368 e. The second kappa shape index (κ2) is 7.14. The molecule has 1 amide bonds. The van der Waals surface area contributed by atoms with E-state index in [-0.39, 0.29) is 5.91 Å². The summed E-state index contributed by atoms with van der Waals surface area (Å²) in [4.78, 5) is 14.8. The molecule has 1 N–H and O–H groups in total. The lowest BCUT2D eigenvalue weighted by Crippen LogP contribution is -2.56. The fourth-order valence-corrected chi connectivity index (χ4v) is 4.61. The van der Waals surface area contributed by atoms with Gasteiger partial charge < -0.3 is 15.0 Å². The summed E-state index contributed by atoms with van der Waals surface area (Å²) in [5.41, 5.74) is -0.587. The summed E-state index contributed by atoms with van der Waals surface area (Å²) in [5.74, 6) is 1.36. The van der Waals surface area contributed by atoms with E-state index in [4.69, 9.17) is 4.74 Å². The fraction of sp³-hybridized carbons (Fsp3) is 0.933. The molecule has 2 atom stereocenters. The molecule has 1 heterocycles. The van der Waals surface area contributed by atoms with Gasteiger partial charge in [-0.3, -0.25) is 4.79 Å². The third-order valence-corrected chi connectivity index (χ3v) is 6.05. The standard InChI is InChI=1S/C15H28N2O2S/c1-4-20-13-6-5-12(11-13)17(2)14(18)15(19-3)7-9-16-10-8-15/h12-13,16H,4-11H2,1-3H3. The van der Waals surface area contributed by atoms with E-state index in [1.54, 1.807) is 7.11 Å². The molecule has 2 fully saturated rings. The summed E-state index contributed by atoms with van der Waals surface area (Å²) >= 11 is 2.03. The number of likely N-dealkylation sites (N-methyl/N-ethyl adjacent to an activating group) is 1. The van der Waals surface area contributed by atoms with Crippen LogP contribution in [-0.2, 0) is 9.53 Å². The molecule has 1 saturated carbocycles. The molecule has 1 aliphatic heterocycles. The van der Waals surface area contributed by atoms with E-state index in [2.05, 4.69) is 12.2 Å². The number of thioether (sulfide) groups is 1. The average Bonchev–Trinajstić information content (AvgIpc) is 2.95. The van der Waals surface area contributed by atoms with Crippen molar-refractivity contribution in [2.75, 3.05) is 33.0 Å². The van der Waals surface area contributed by atoms with E-state index in [0.717, 1.165) is 44.0 Å². The van der Waals surface area contributed by atoms with Crippen LogP contribution in [0.4, 0.5) is 0 Å². The Kier molecular flexibility index (Phi) is 5.75. The highest BCUT2D eigenvalue weighted by Gasteiger charge is 2.43. The minimum absolute atomic E-state index is 0.189. The smallest absolute Gasteiger partial charge is 0.254 e. The molecule has 0 spiro atoms. The summed E-state index contributed by atoms with van der Waals surface area (Å²) in [5, 5.41) is 4.04. The zero-order valence-electron chi connectivity index (χ0n) is 13.0. The average molecular weight is 300 g/mol. The Morgan fingerprint density at radius 2 is 2.10 bits per heavy atom. The molecule has 0 bridgehead atoms. The molecule has 0 aromatic rings. The van der Waals surface area contributed by atoms with Crippen molar-refractivity contribution in [1.29, 1.82) is 0 Å². The molecule has 116 valence electrons. The lowest BCUT2D eigenvalue weighted by Gasteiger charge is -2.39. The summed E-state index contributed by atoms with van der Waals surface area (Å²) in [7, 11) is 3.65. The van der Waals surface area contributed by atoms with Crippen LogP contribution in [0.1, 0.15) is 39.0 Å². The predicted octanol–water partition coefficient (Wildman–Crippen LogP) is 1.89. The van der Waals surface area contributed by atoms with Gasteiger partial charge in [0.2, 0.25) is 0 Å².